The third-order valence-electron chi connectivity index (χ3n) is 3.16. The van der Waals surface area contributed by atoms with Crippen molar-refractivity contribution in [1.82, 2.24) is 14.7 Å². The molecular weight excluding hydrogens is 317 g/mol. The average Bonchev–Trinajstić information content (AvgIpc) is 2.90. The van der Waals surface area contributed by atoms with E-state index in [9.17, 15) is 23.2 Å². The molecule has 0 amide bonds. The van der Waals surface area contributed by atoms with Crippen LogP contribution in [0.1, 0.15) is 22.8 Å². The second kappa shape index (κ2) is 5.07. The molecule has 0 N–H and O–H groups in total. The molecule has 120 valence electrons. The zero-order chi connectivity index (χ0) is 16.8. The Morgan fingerprint density at radius 1 is 1.43 bits per heavy atom. The van der Waals surface area contributed by atoms with Gasteiger partial charge in [0.05, 0.1) is 18.4 Å². The van der Waals surface area contributed by atoms with Crippen LogP contribution in [-0.2, 0) is 10.9 Å². The van der Waals surface area contributed by atoms with Gasteiger partial charge in [0, 0.05) is 11.2 Å². The van der Waals surface area contributed by atoms with Crippen LogP contribution >= 0.6 is 0 Å². The number of alkyl halides is 3. The Bertz CT molecular complexity index is 920. The molecule has 23 heavy (non-hydrogen) atoms. The number of esters is 1. The summed E-state index contributed by atoms with van der Waals surface area (Å²) in [6, 6.07) is 2.61. The van der Waals surface area contributed by atoms with Gasteiger partial charge < -0.3 is 9.94 Å². The van der Waals surface area contributed by atoms with E-state index in [1.807, 2.05) is 0 Å². The maximum absolute atomic E-state index is 12.7. The van der Waals surface area contributed by atoms with Gasteiger partial charge in [0.1, 0.15) is 11.1 Å². The van der Waals surface area contributed by atoms with Crippen LogP contribution in [0.3, 0.4) is 0 Å². The molecule has 0 unspecified atom stereocenters. The van der Waals surface area contributed by atoms with Crippen molar-refractivity contribution < 1.29 is 27.5 Å². The van der Waals surface area contributed by atoms with E-state index >= 15 is 0 Å². The molecule has 0 saturated heterocycles. The number of ether oxygens (including phenoxy) is 1. The Kier molecular flexibility index (Phi) is 3.31. The molecule has 3 rings (SSSR count). The summed E-state index contributed by atoms with van der Waals surface area (Å²) in [4.78, 5) is 11.8. The summed E-state index contributed by atoms with van der Waals surface area (Å²) < 4.78 is 44.2. The highest BCUT2D eigenvalue weighted by molar-refractivity contribution is 5.96. The van der Waals surface area contributed by atoms with Gasteiger partial charge in [0.25, 0.3) is 5.52 Å². The van der Waals surface area contributed by atoms with Gasteiger partial charge in [-0.1, -0.05) is 0 Å². The predicted octanol–water partition coefficient (Wildman–Crippen LogP) is 1.71. The van der Waals surface area contributed by atoms with Gasteiger partial charge in [0.2, 0.25) is 5.65 Å². The molecule has 0 radical (unpaired) electrons. The van der Waals surface area contributed by atoms with Gasteiger partial charge >= 0.3 is 12.1 Å². The van der Waals surface area contributed by atoms with E-state index in [4.69, 9.17) is 4.74 Å². The highest BCUT2D eigenvalue weighted by Crippen LogP contribution is 2.30. The Morgan fingerprint density at radius 3 is 2.83 bits per heavy atom. The lowest BCUT2D eigenvalue weighted by Crippen LogP contribution is -2.33. The number of hydrogen-bond acceptors (Lipinski definition) is 5. The minimum atomic E-state index is -4.59. The van der Waals surface area contributed by atoms with Crippen LogP contribution < -0.4 is 4.85 Å². The van der Waals surface area contributed by atoms with Crippen LogP contribution in [0.5, 0.6) is 0 Å². The summed E-state index contributed by atoms with van der Waals surface area (Å²) in [6.45, 7) is 1.73. The van der Waals surface area contributed by atoms with Crippen LogP contribution in [-0.4, -0.2) is 27.3 Å². The number of carbonyl (C=O) groups is 1. The molecule has 0 bridgehead atoms. The van der Waals surface area contributed by atoms with E-state index in [1.54, 1.807) is 6.92 Å². The van der Waals surface area contributed by atoms with Crippen LogP contribution in [0, 0.1) is 5.21 Å². The lowest BCUT2D eigenvalue weighted by Gasteiger charge is -2.07. The van der Waals surface area contributed by atoms with Crippen LogP contribution in [0.4, 0.5) is 13.2 Å². The zero-order valence-electron chi connectivity index (χ0n) is 11.7. The molecule has 0 spiro atoms. The number of nitrogens with zero attached hydrogens (tertiary/aromatic N) is 4. The lowest BCUT2D eigenvalue weighted by molar-refractivity contribution is -0.640. The Labute approximate surface area is 126 Å². The SMILES string of the molecule is CCOC(=O)c1cnn2c1n[n+]([O-])c1cc(C(F)(F)F)ccc12. The van der Waals surface area contributed by atoms with Gasteiger partial charge in [-0.25, -0.2) is 9.31 Å². The van der Waals surface area contributed by atoms with Gasteiger partial charge in [-0.3, -0.25) is 0 Å². The van der Waals surface area contributed by atoms with Crippen molar-refractivity contribution in [3.63, 3.8) is 0 Å². The van der Waals surface area contributed by atoms with Gasteiger partial charge in [-0.05, 0) is 23.9 Å². The minimum Gasteiger partial charge on any atom is -0.594 e. The van der Waals surface area contributed by atoms with Gasteiger partial charge in [0.15, 0.2) is 0 Å². The van der Waals surface area contributed by atoms with Crippen molar-refractivity contribution in [2.24, 2.45) is 0 Å². The number of benzene rings is 1. The molecule has 0 fully saturated rings. The van der Waals surface area contributed by atoms with Crippen LogP contribution in [0.15, 0.2) is 24.4 Å². The smallest absolute Gasteiger partial charge is 0.416 e. The molecule has 0 saturated carbocycles. The summed E-state index contributed by atoms with van der Waals surface area (Å²) in [5.74, 6) is -0.721. The summed E-state index contributed by atoms with van der Waals surface area (Å²) in [5, 5.41) is 19.4. The average molecular weight is 326 g/mol. The van der Waals surface area contributed by atoms with Crippen molar-refractivity contribution >= 4 is 22.6 Å². The highest BCUT2D eigenvalue weighted by Gasteiger charge is 2.32. The van der Waals surface area contributed by atoms with E-state index in [1.165, 1.54) is 0 Å². The van der Waals surface area contributed by atoms with Crippen molar-refractivity contribution in [3.8, 4) is 0 Å². The molecule has 3 aromatic rings. The van der Waals surface area contributed by atoms with Crippen molar-refractivity contribution in [3.05, 3.63) is 40.7 Å². The Hall–Kier alpha value is -2.91. The van der Waals surface area contributed by atoms with E-state index in [2.05, 4.69) is 10.2 Å². The van der Waals surface area contributed by atoms with Crippen LogP contribution in [0.2, 0.25) is 0 Å². The van der Waals surface area contributed by atoms with Crippen molar-refractivity contribution in [2.75, 3.05) is 6.61 Å². The number of rotatable bonds is 2. The third-order valence-corrected chi connectivity index (χ3v) is 3.16. The molecule has 0 atom stereocenters. The highest BCUT2D eigenvalue weighted by atomic mass is 19.4. The first kappa shape index (κ1) is 15.0. The first-order chi connectivity index (χ1) is 10.8. The molecule has 7 nitrogen and oxygen atoms in total. The Balaban J connectivity index is 2.27. The maximum atomic E-state index is 12.7. The standard InChI is InChI=1S/C13H9F3N4O3/c1-2-23-12(21)8-6-17-19-9-4-3-7(13(14,15)16)5-10(9)20(22)18-11(8)19/h3-6H,2H2,1H3. The van der Waals surface area contributed by atoms with Crippen LogP contribution in [0.25, 0.3) is 16.7 Å². The molecule has 0 aliphatic rings. The largest absolute Gasteiger partial charge is 0.594 e. The summed E-state index contributed by atoms with van der Waals surface area (Å²) in [7, 11) is 0. The third kappa shape index (κ3) is 2.41. The second-order valence-electron chi connectivity index (χ2n) is 4.59. The zero-order valence-corrected chi connectivity index (χ0v) is 11.7. The van der Waals surface area contributed by atoms with Crippen molar-refractivity contribution in [2.45, 2.75) is 13.1 Å². The van der Waals surface area contributed by atoms with E-state index in [-0.39, 0.29) is 33.7 Å². The molecule has 2 aromatic heterocycles. The maximum Gasteiger partial charge on any atom is 0.416 e. The predicted molar refractivity (Wildman–Crippen MR) is 70.4 cm³/mol. The number of fused-ring (bicyclic) bond motifs is 3. The fourth-order valence-corrected chi connectivity index (χ4v) is 2.14. The second-order valence-corrected chi connectivity index (χ2v) is 4.59. The van der Waals surface area contributed by atoms with Gasteiger partial charge in [-0.15, -0.1) is 0 Å². The summed E-state index contributed by atoms with van der Waals surface area (Å²) >= 11 is 0. The molecule has 2 heterocycles. The molecule has 10 heteroatoms. The molecular formula is C13H9F3N4O3. The minimum absolute atomic E-state index is 0.0321. The first-order valence-electron chi connectivity index (χ1n) is 6.48. The normalized spacial score (nSPS) is 12.0. The molecule has 0 aliphatic carbocycles. The number of hydrogen-bond donors (Lipinski definition) is 0. The quantitative estimate of drug-likeness (QED) is 0.407. The summed E-state index contributed by atoms with van der Waals surface area (Å²) in [5.41, 5.74) is -1.34. The Morgan fingerprint density at radius 2 is 2.17 bits per heavy atom. The van der Waals surface area contributed by atoms with E-state index in [0.717, 1.165) is 22.8 Å². The number of halogens is 3. The summed E-state index contributed by atoms with van der Waals surface area (Å²) in [6.07, 6.45) is -3.44. The molecule has 1 aromatic carbocycles. The molecule has 0 aliphatic heterocycles. The van der Waals surface area contributed by atoms with Crippen molar-refractivity contribution in [1.29, 1.82) is 0 Å². The first-order valence-corrected chi connectivity index (χ1v) is 6.48. The fraction of sp³-hybridized carbons (Fsp3) is 0.231. The topological polar surface area (TPSA) is 83.4 Å². The lowest BCUT2D eigenvalue weighted by atomic mass is 10.2. The van der Waals surface area contributed by atoms with E-state index < -0.39 is 17.7 Å². The number of aromatic nitrogens is 4. The number of carbonyl (C=O) groups excluding carboxylic acids is 1. The fourth-order valence-electron chi connectivity index (χ4n) is 2.14. The van der Waals surface area contributed by atoms with E-state index in [0.29, 0.717) is 6.07 Å². The monoisotopic (exact) mass is 326 g/mol. The van der Waals surface area contributed by atoms with Gasteiger partial charge in [-0.2, -0.15) is 18.3 Å².